The Morgan fingerprint density at radius 3 is 2.00 bits per heavy atom. The molecular weight excluding hydrogens is 167 g/mol. The molecule has 0 N–H and O–H groups in total. The van der Waals surface area contributed by atoms with Crippen molar-refractivity contribution in [2.75, 3.05) is 0 Å². The third kappa shape index (κ3) is 16.1. The van der Waals surface area contributed by atoms with Crippen LogP contribution in [0.4, 0.5) is 0 Å². The fourth-order valence-electron chi connectivity index (χ4n) is 0. The van der Waals surface area contributed by atoms with Crippen LogP contribution in [0, 0.1) is 0 Å². The molecule has 0 heterocycles. The van der Waals surface area contributed by atoms with E-state index in [4.69, 9.17) is 0 Å². The van der Waals surface area contributed by atoms with Gasteiger partial charge >= 0.3 is 0 Å². The lowest BCUT2D eigenvalue weighted by Crippen LogP contribution is -1.74. The molecule has 0 bridgehead atoms. The van der Waals surface area contributed by atoms with Gasteiger partial charge in [-0.15, -0.1) is 0 Å². The lowest BCUT2D eigenvalue weighted by molar-refractivity contribution is 0.195. The molecule has 1 radical (unpaired) electrons. The molecule has 0 aliphatic heterocycles. The van der Waals surface area contributed by atoms with Gasteiger partial charge in [0.25, 0.3) is 0 Å². The number of halogens is 1. The highest BCUT2D eigenvalue weighted by Gasteiger charge is 1.76. The van der Waals surface area contributed by atoms with Crippen molar-refractivity contribution in [2.24, 2.45) is 0 Å². The smallest absolute Gasteiger partial charge is 0.141 e. The van der Waals surface area contributed by atoms with Crippen molar-refractivity contribution in [3.05, 3.63) is 0 Å². The number of alkyl halides is 1. The van der Waals surface area contributed by atoms with Gasteiger partial charge in [0.2, 0.25) is 0 Å². The van der Waals surface area contributed by atoms with E-state index in [-0.39, 0.29) is 0 Å². The summed E-state index contributed by atoms with van der Waals surface area (Å²) in [7, 11) is 0. The fourth-order valence-corrected chi connectivity index (χ4v) is 0. The van der Waals surface area contributed by atoms with Gasteiger partial charge in [-0.05, 0) is 29.5 Å². The highest BCUT2D eigenvalue weighted by atomic mass is 127. The van der Waals surface area contributed by atoms with Gasteiger partial charge < -0.3 is 0 Å². The summed E-state index contributed by atoms with van der Waals surface area (Å²) in [5, 5.41) is 9.51. The van der Waals surface area contributed by atoms with Gasteiger partial charge in [-0.2, -0.15) is 0 Å². The number of rotatable bonds is 0. The Morgan fingerprint density at radius 2 is 2.00 bits per heavy atom. The van der Waals surface area contributed by atoms with E-state index >= 15 is 0 Å². The predicted molar refractivity (Wildman–Crippen MR) is 24.2 cm³/mol. The molecular formula is C2H4IO. The van der Waals surface area contributed by atoms with Crippen LogP contribution in [-0.2, 0) is 5.11 Å². The third-order valence-corrected chi connectivity index (χ3v) is 0. The Kier molecular flexibility index (Phi) is 2.30. The van der Waals surface area contributed by atoms with Crippen molar-refractivity contribution in [2.45, 2.75) is 11.0 Å². The minimum atomic E-state index is -0.447. The molecule has 0 saturated carbocycles. The molecule has 0 amide bonds. The second-order valence-electron chi connectivity index (χ2n) is 0.543. The molecule has 1 atom stereocenters. The van der Waals surface area contributed by atoms with Crippen LogP contribution in [0.5, 0.6) is 0 Å². The van der Waals surface area contributed by atoms with Crippen LogP contribution in [0.25, 0.3) is 0 Å². The Balaban J connectivity index is 2.32. The first kappa shape index (κ1) is 4.69. The second-order valence-corrected chi connectivity index (χ2v) is 2.30. The molecule has 0 spiro atoms. The molecule has 2 heteroatoms. The topological polar surface area (TPSA) is 19.9 Å². The lowest BCUT2D eigenvalue weighted by Gasteiger charge is -1.72. The zero-order valence-corrected chi connectivity index (χ0v) is 4.52. The van der Waals surface area contributed by atoms with Crippen LogP contribution < -0.4 is 0 Å². The van der Waals surface area contributed by atoms with Crippen molar-refractivity contribution in [3.8, 4) is 0 Å². The van der Waals surface area contributed by atoms with Crippen LogP contribution >= 0.6 is 22.6 Å². The van der Waals surface area contributed by atoms with Crippen molar-refractivity contribution < 1.29 is 5.11 Å². The van der Waals surface area contributed by atoms with Crippen LogP contribution in [0.2, 0.25) is 0 Å². The molecule has 0 aromatic heterocycles. The first-order chi connectivity index (χ1) is 1.73. The van der Waals surface area contributed by atoms with E-state index in [9.17, 15) is 5.11 Å². The molecule has 1 nitrogen and oxygen atoms in total. The normalized spacial score (nSPS) is 15.8. The van der Waals surface area contributed by atoms with Gasteiger partial charge in [0, 0.05) is 0 Å². The van der Waals surface area contributed by atoms with E-state index in [0.29, 0.717) is 0 Å². The molecule has 0 aliphatic rings. The molecule has 0 saturated heterocycles. The second kappa shape index (κ2) is 1.96. The van der Waals surface area contributed by atoms with Crippen molar-refractivity contribution in [3.63, 3.8) is 0 Å². The van der Waals surface area contributed by atoms with E-state index in [2.05, 4.69) is 0 Å². The highest BCUT2D eigenvalue weighted by molar-refractivity contribution is 14.1. The summed E-state index contributed by atoms with van der Waals surface area (Å²) in [6.45, 7) is 1.60. The van der Waals surface area contributed by atoms with E-state index in [1.54, 1.807) is 29.5 Å². The van der Waals surface area contributed by atoms with E-state index < -0.39 is 4.11 Å². The van der Waals surface area contributed by atoms with Crippen LogP contribution in [0.15, 0.2) is 0 Å². The molecule has 4 heavy (non-hydrogen) atoms. The van der Waals surface area contributed by atoms with E-state index in [1.165, 1.54) is 0 Å². The average Bonchev–Trinajstić information content (AvgIpc) is 0.811. The standard InChI is InChI=1S/C2H4IO/c1-2(3)4/h2H,1H3. The van der Waals surface area contributed by atoms with Crippen LogP contribution in [0.3, 0.4) is 0 Å². The molecule has 0 rings (SSSR count). The Bertz CT molecular complexity index is 10.8. The number of hydrogen-bond donors (Lipinski definition) is 0. The summed E-state index contributed by atoms with van der Waals surface area (Å²) in [5.41, 5.74) is 0. The summed E-state index contributed by atoms with van der Waals surface area (Å²) in [5.74, 6) is 0. The van der Waals surface area contributed by atoms with Gasteiger partial charge in [-0.3, -0.25) is 0 Å². The zero-order chi connectivity index (χ0) is 3.58. The summed E-state index contributed by atoms with van der Waals surface area (Å²) < 4.78 is -0.447. The number of hydrogen-bond acceptors (Lipinski definition) is 0. The third-order valence-electron chi connectivity index (χ3n) is 0. The minimum absolute atomic E-state index is 0.447. The van der Waals surface area contributed by atoms with Gasteiger partial charge in [0.1, 0.15) is 4.11 Å². The molecule has 1 unspecified atom stereocenters. The summed E-state index contributed by atoms with van der Waals surface area (Å²) in [6.07, 6.45) is 0. The maximum atomic E-state index is 9.51. The highest BCUT2D eigenvalue weighted by Crippen LogP contribution is 1.88. The zero-order valence-electron chi connectivity index (χ0n) is 2.36. The molecule has 0 aromatic rings. The SMILES string of the molecule is CC([O])I. The van der Waals surface area contributed by atoms with Crippen molar-refractivity contribution in [1.82, 2.24) is 0 Å². The summed E-state index contributed by atoms with van der Waals surface area (Å²) in [4.78, 5) is 0. The molecule has 25 valence electrons. The van der Waals surface area contributed by atoms with E-state index in [1.807, 2.05) is 0 Å². The average molecular weight is 171 g/mol. The van der Waals surface area contributed by atoms with Crippen molar-refractivity contribution >= 4 is 22.6 Å². The van der Waals surface area contributed by atoms with Crippen LogP contribution in [-0.4, -0.2) is 4.11 Å². The monoisotopic (exact) mass is 171 g/mol. The van der Waals surface area contributed by atoms with Crippen LogP contribution in [0.1, 0.15) is 6.92 Å². The Labute approximate surface area is 39.2 Å². The van der Waals surface area contributed by atoms with Gasteiger partial charge in [0.05, 0.1) is 0 Å². The van der Waals surface area contributed by atoms with Gasteiger partial charge in [0.15, 0.2) is 0 Å². The summed E-state index contributed by atoms with van der Waals surface area (Å²) in [6, 6.07) is 0. The van der Waals surface area contributed by atoms with Gasteiger partial charge in [-0.1, -0.05) is 0 Å². The quantitative estimate of drug-likeness (QED) is 0.385. The molecule has 0 fully saturated rings. The molecule has 0 aliphatic carbocycles. The predicted octanol–water partition coefficient (Wildman–Crippen LogP) is 1.20. The van der Waals surface area contributed by atoms with Gasteiger partial charge in [-0.25, -0.2) is 5.11 Å². The lowest BCUT2D eigenvalue weighted by atomic mass is 10.9. The fraction of sp³-hybridized carbons (Fsp3) is 1.00. The van der Waals surface area contributed by atoms with E-state index in [0.717, 1.165) is 0 Å². The molecule has 0 aromatic carbocycles. The Morgan fingerprint density at radius 1 is 2.00 bits per heavy atom. The largest absolute Gasteiger partial charge is 0.222 e. The first-order valence-corrected chi connectivity index (χ1v) is 2.28. The Hall–Kier alpha value is 0.690. The maximum Gasteiger partial charge on any atom is 0.141 e. The maximum absolute atomic E-state index is 9.51. The summed E-state index contributed by atoms with van der Waals surface area (Å²) >= 11 is 1.79. The first-order valence-electron chi connectivity index (χ1n) is 1.03. The van der Waals surface area contributed by atoms with Crippen molar-refractivity contribution in [1.29, 1.82) is 0 Å². The minimum Gasteiger partial charge on any atom is -0.222 e.